The minimum absolute atomic E-state index is 0.233. The smallest absolute Gasteiger partial charge is 0.282 e. The molecule has 2 heterocycles. The Bertz CT molecular complexity index is 616. The van der Waals surface area contributed by atoms with Crippen molar-refractivity contribution in [2.75, 3.05) is 26.7 Å². The van der Waals surface area contributed by atoms with Crippen molar-refractivity contribution in [3.05, 3.63) is 29.6 Å². The molecule has 0 saturated carbocycles. The summed E-state index contributed by atoms with van der Waals surface area (Å²) in [6.45, 7) is -0.160. The van der Waals surface area contributed by atoms with Crippen molar-refractivity contribution in [2.45, 2.75) is 37.8 Å². The van der Waals surface area contributed by atoms with E-state index in [9.17, 15) is 18.0 Å². The molecule has 0 aliphatic carbocycles. The summed E-state index contributed by atoms with van der Waals surface area (Å²) in [5.41, 5.74) is 0.397. The average molecular weight is 342 g/mol. The normalized spacial score (nSPS) is 23.7. The molecule has 2 fully saturated rings. The summed E-state index contributed by atoms with van der Waals surface area (Å²) < 4.78 is 45.4. The lowest BCUT2D eigenvalue weighted by atomic mass is 9.97. The quantitative estimate of drug-likeness (QED) is 0.843. The molecule has 24 heavy (non-hydrogen) atoms. The Hall–Kier alpha value is -1.76. The van der Waals surface area contributed by atoms with Crippen molar-refractivity contribution in [1.29, 1.82) is 0 Å². The van der Waals surface area contributed by atoms with Gasteiger partial charge in [0, 0.05) is 12.1 Å². The molecule has 0 spiro atoms. The van der Waals surface area contributed by atoms with Crippen molar-refractivity contribution < 1.29 is 22.7 Å². The van der Waals surface area contributed by atoms with Crippen LogP contribution in [0, 0.1) is 5.82 Å². The van der Waals surface area contributed by atoms with E-state index in [1.54, 1.807) is 12.1 Å². The van der Waals surface area contributed by atoms with Crippen LogP contribution in [-0.2, 0) is 11.3 Å². The summed E-state index contributed by atoms with van der Waals surface area (Å²) in [7, 11) is 1.47. The molecule has 132 valence electrons. The number of carbonyl (C=O) groups excluding carboxylic acids is 1. The highest BCUT2D eigenvalue weighted by molar-refractivity contribution is 5.83. The van der Waals surface area contributed by atoms with Gasteiger partial charge >= 0.3 is 0 Å². The van der Waals surface area contributed by atoms with Crippen LogP contribution in [-0.4, -0.2) is 54.4 Å². The number of rotatable bonds is 4. The predicted octanol–water partition coefficient (Wildman–Crippen LogP) is 2.67. The maximum Gasteiger partial charge on any atom is 0.282 e. The Balaban J connectivity index is 1.75. The molecule has 2 aliphatic heterocycles. The van der Waals surface area contributed by atoms with Gasteiger partial charge in [0.1, 0.15) is 11.6 Å². The van der Waals surface area contributed by atoms with Crippen LogP contribution in [0.1, 0.15) is 24.8 Å². The second kappa shape index (κ2) is 6.63. The van der Waals surface area contributed by atoms with Gasteiger partial charge in [-0.2, -0.15) is 0 Å². The minimum Gasteiger partial charge on any atom is -0.496 e. The monoisotopic (exact) mass is 342 g/mol. The first-order valence-corrected chi connectivity index (χ1v) is 8.13. The topological polar surface area (TPSA) is 32.8 Å². The summed E-state index contributed by atoms with van der Waals surface area (Å²) in [5.74, 6) is -3.01. The van der Waals surface area contributed by atoms with Crippen LogP contribution in [0.15, 0.2) is 18.2 Å². The maximum atomic E-state index is 14.2. The molecule has 1 unspecified atom stereocenters. The number of alkyl halides is 2. The van der Waals surface area contributed by atoms with E-state index in [4.69, 9.17) is 4.74 Å². The molecule has 0 N–H and O–H groups in total. The molecule has 3 rings (SSSR count). The molecular formula is C17H21F3N2O2. The SMILES string of the molecule is COc1cccc(F)c1CN1CCCCC1C(=O)N1CC(F)(F)C1. The van der Waals surface area contributed by atoms with Gasteiger partial charge in [-0.25, -0.2) is 13.2 Å². The van der Waals surface area contributed by atoms with Gasteiger partial charge in [0.25, 0.3) is 5.92 Å². The molecule has 0 radical (unpaired) electrons. The molecule has 2 saturated heterocycles. The highest BCUT2D eigenvalue weighted by Gasteiger charge is 2.48. The number of methoxy groups -OCH3 is 1. The fraction of sp³-hybridized carbons (Fsp3) is 0.588. The third-order valence-electron chi connectivity index (χ3n) is 4.71. The Kier molecular flexibility index (Phi) is 4.71. The lowest BCUT2D eigenvalue weighted by Crippen LogP contribution is -2.63. The van der Waals surface area contributed by atoms with E-state index in [1.165, 1.54) is 18.1 Å². The van der Waals surface area contributed by atoms with Gasteiger partial charge in [-0.15, -0.1) is 0 Å². The number of carbonyl (C=O) groups is 1. The molecular weight excluding hydrogens is 321 g/mol. The summed E-state index contributed by atoms with van der Waals surface area (Å²) >= 11 is 0. The number of halogens is 3. The largest absolute Gasteiger partial charge is 0.496 e. The predicted molar refractivity (Wildman–Crippen MR) is 82.5 cm³/mol. The van der Waals surface area contributed by atoms with Gasteiger partial charge in [-0.05, 0) is 31.5 Å². The standard InChI is InChI=1S/C17H21F3N2O2/c1-24-15-7-4-5-13(18)12(15)9-21-8-3-2-6-14(21)16(23)22-10-17(19,20)11-22/h4-5,7,14H,2-3,6,8-11H2,1H3. The fourth-order valence-corrected chi connectivity index (χ4v) is 3.43. The number of ether oxygens (including phenoxy) is 1. The first kappa shape index (κ1) is 17.1. The van der Waals surface area contributed by atoms with E-state index in [0.717, 1.165) is 12.8 Å². The molecule has 0 aromatic heterocycles. The average Bonchev–Trinajstić information content (AvgIpc) is 2.54. The first-order chi connectivity index (χ1) is 11.4. The zero-order valence-electron chi connectivity index (χ0n) is 13.6. The number of piperidine rings is 1. The Morgan fingerprint density at radius 2 is 2.08 bits per heavy atom. The Morgan fingerprint density at radius 1 is 1.33 bits per heavy atom. The van der Waals surface area contributed by atoms with E-state index >= 15 is 0 Å². The molecule has 1 amide bonds. The van der Waals surface area contributed by atoms with Crippen LogP contribution in [0.2, 0.25) is 0 Å². The van der Waals surface area contributed by atoms with Gasteiger partial charge in [0.2, 0.25) is 5.91 Å². The number of likely N-dealkylation sites (tertiary alicyclic amines) is 2. The van der Waals surface area contributed by atoms with Crippen LogP contribution >= 0.6 is 0 Å². The first-order valence-electron chi connectivity index (χ1n) is 8.13. The van der Waals surface area contributed by atoms with Crippen LogP contribution in [0.25, 0.3) is 0 Å². The van der Waals surface area contributed by atoms with Crippen LogP contribution < -0.4 is 4.74 Å². The number of benzene rings is 1. The molecule has 2 aliphatic rings. The van der Waals surface area contributed by atoms with Gasteiger partial charge in [0.15, 0.2) is 0 Å². The molecule has 4 nitrogen and oxygen atoms in total. The summed E-state index contributed by atoms with van der Waals surface area (Å²) in [6, 6.07) is 4.13. The van der Waals surface area contributed by atoms with Crippen LogP contribution in [0.4, 0.5) is 13.2 Å². The molecule has 0 bridgehead atoms. The van der Waals surface area contributed by atoms with Crippen molar-refractivity contribution in [3.63, 3.8) is 0 Å². The summed E-state index contributed by atoms with van der Waals surface area (Å²) in [6.07, 6.45) is 2.37. The molecule has 1 aromatic rings. The number of hydrogen-bond acceptors (Lipinski definition) is 3. The summed E-state index contributed by atoms with van der Waals surface area (Å²) in [4.78, 5) is 15.6. The number of nitrogens with zero attached hydrogens (tertiary/aromatic N) is 2. The fourth-order valence-electron chi connectivity index (χ4n) is 3.43. The lowest BCUT2D eigenvalue weighted by Gasteiger charge is -2.44. The maximum absolute atomic E-state index is 14.2. The van der Waals surface area contributed by atoms with Gasteiger partial charge in [-0.3, -0.25) is 9.69 Å². The Morgan fingerprint density at radius 3 is 2.75 bits per heavy atom. The zero-order valence-corrected chi connectivity index (χ0v) is 13.6. The molecule has 1 aromatic carbocycles. The van der Waals surface area contributed by atoms with E-state index in [2.05, 4.69) is 0 Å². The summed E-state index contributed by atoms with van der Waals surface area (Å²) in [5, 5.41) is 0. The van der Waals surface area contributed by atoms with Gasteiger partial charge < -0.3 is 9.64 Å². The highest BCUT2D eigenvalue weighted by atomic mass is 19.3. The van der Waals surface area contributed by atoms with Gasteiger partial charge in [0.05, 0.1) is 26.2 Å². The van der Waals surface area contributed by atoms with E-state index < -0.39 is 25.1 Å². The number of hydrogen-bond donors (Lipinski definition) is 0. The third-order valence-corrected chi connectivity index (χ3v) is 4.71. The van der Waals surface area contributed by atoms with E-state index in [-0.39, 0.29) is 18.3 Å². The third kappa shape index (κ3) is 3.36. The number of amides is 1. The van der Waals surface area contributed by atoms with Crippen LogP contribution in [0.5, 0.6) is 5.75 Å². The van der Waals surface area contributed by atoms with Gasteiger partial charge in [-0.1, -0.05) is 12.5 Å². The van der Waals surface area contributed by atoms with Crippen molar-refractivity contribution in [3.8, 4) is 5.75 Å². The second-order valence-electron chi connectivity index (χ2n) is 6.45. The minimum atomic E-state index is -2.77. The van der Waals surface area contributed by atoms with E-state index in [1.807, 2.05) is 4.90 Å². The Labute approximate surface area is 139 Å². The second-order valence-corrected chi connectivity index (χ2v) is 6.45. The van der Waals surface area contributed by atoms with E-state index in [0.29, 0.717) is 24.3 Å². The molecule has 7 heteroatoms. The highest BCUT2D eigenvalue weighted by Crippen LogP contribution is 2.31. The zero-order chi connectivity index (χ0) is 17.3. The van der Waals surface area contributed by atoms with Crippen LogP contribution in [0.3, 0.4) is 0 Å². The lowest BCUT2D eigenvalue weighted by molar-refractivity contribution is -0.171. The van der Waals surface area contributed by atoms with Crippen molar-refractivity contribution in [2.24, 2.45) is 0 Å². The molecule has 1 atom stereocenters. The van der Waals surface area contributed by atoms with Crippen molar-refractivity contribution >= 4 is 5.91 Å². The van der Waals surface area contributed by atoms with Crippen molar-refractivity contribution in [1.82, 2.24) is 9.80 Å².